The molecule has 0 radical (unpaired) electrons. The number of carbonyl (C=O) groups is 2. The lowest BCUT2D eigenvalue weighted by Crippen LogP contribution is -2.51. The van der Waals surface area contributed by atoms with Crippen LogP contribution in [0, 0.1) is 0 Å². The van der Waals surface area contributed by atoms with Gasteiger partial charge in [-0.25, -0.2) is 4.79 Å². The average Bonchev–Trinajstić information content (AvgIpc) is 2.53. The zero-order valence-electron chi connectivity index (χ0n) is 14.9. The Morgan fingerprint density at radius 2 is 1.88 bits per heavy atom. The number of hydrogen-bond donors (Lipinski definition) is 1. The quantitative estimate of drug-likeness (QED) is 0.873. The number of esters is 1. The fourth-order valence-corrected chi connectivity index (χ4v) is 3.11. The Bertz CT molecular complexity index is 795. The molecule has 1 N–H and O–H groups in total. The number of nitrogens with one attached hydrogen (secondary N) is 1. The summed E-state index contributed by atoms with van der Waals surface area (Å²) in [5.41, 5.74) is 0.271. The minimum absolute atomic E-state index is 0.0689. The Kier molecular flexibility index (Phi) is 4.77. The number of carbonyl (C=O) groups excluding carboxylic acids is 2. The lowest BCUT2D eigenvalue weighted by atomic mass is 10.00. The highest BCUT2D eigenvalue weighted by molar-refractivity contribution is 5.86. The van der Waals surface area contributed by atoms with E-state index in [4.69, 9.17) is 4.74 Å². The highest BCUT2D eigenvalue weighted by Gasteiger charge is 2.34. The Morgan fingerprint density at radius 3 is 2.56 bits per heavy atom. The van der Waals surface area contributed by atoms with Gasteiger partial charge in [-0.2, -0.15) is 0 Å². The molecule has 2 aromatic carbocycles. The molecule has 1 atom stereocenters. The van der Waals surface area contributed by atoms with Crippen molar-refractivity contribution in [2.75, 3.05) is 19.6 Å². The molecule has 1 aliphatic rings. The van der Waals surface area contributed by atoms with Gasteiger partial charge in [0, 0.05) is 13.1 Å². The molecule has 0 spiro atoms. The van der Waals surface area contributed by atoms with Gasteiger partial charge >= 0.3 is 5.97 Å². The highest BCUT2D eigenvalue weighted by atomic mass is 16.6. The number of amides is 1. The van der Waals surface area contributed by atoms with E-state index in [1.165, 1.54) is 0 Å². The van der Waals surface area contributed by atoms with Crippen LogP contribution in [0.25, 0.3) is 10.8 Å². The fourth-order valence-electron chi connectivity index (χ4n) is 3.11. The molecule has 5 heteroatoms. The summed E-state index contributed by atoms with van der Waals surface area (Å²) in [5.74, 6) is -0.391. The summed E-state index contributed by atoms with van der Waals surface area (Å²) in [4.78, 5) is 26.6. The first kappa shape index (κ1) is 17.4. The lowest BCUT2D eigenvalue weighted by molar-refractivity contribution is -0.162. The lowest BCUT2D eigenvalue weighted by Gasteiger charge is -2.34. The van der Waals surface area contributed by atoms with E-state index in [0.29, 0.717) is 13.1 Å². The van der Waals surface area contributed by atoms with Crippen molar-refractivity contribution < 1.29 is 14.3 Å². The smallest absolute Gasteiger partial charge is 0.328 e. The van der Waals surface area contributed by atoms with Crippen molar-refractivity contribution in [1.29, 1.82) is 0 Å². The normalized spacial score (nSPS) is 17.2. The van der Waals surface area contributed by atoms with Gasteiger partial charge in [0.05, 0.1) is 6.54 Å². The van der Waals surface area contributed by atoms with Crippen LogP contribution >= 0.6 is 0 Å². The van der Waals surface area contributed by atoms with E-state index in [1.807, 2.05) is 68.1 Å². The van der Waals surface area contributed by atoms with E-state index < -0.39 is 11.6 Å². The average molecular weight is 340 g/mol. The second kappa shape index (κ2) is 6.84. The monoisotopic (exact) mass is 340 g/mol. The molecular weight excluding hydrogens is 316 g/mol. The third-order valence-corrected chi connectivity index (χ3v) is 4.15. The largest absolute Gasteiger partial charge is 0.459 e. The predicted molar refractivity (Wildman–Crippen MR) is 97.1 cm³/mol. The summed E-state index contributed by atoms with van der Waals surface area (Å²) in [5, 5.41) is 4.98. The Morgan fingerprint density at radius 1 is 1.16 bits per heavy atom. The summed E-state index contributed by atoms with van der Waals surface area (Å²) < 4.78 is 5.64. The zero-order valence-corrected chi connectivity index (χ0v) is 14.9. The maximum Gasteiger partial charge on any atom is 0.328 e. The third-order valence-electron chi connectivity index (χ3n) is 4.15. The van der Waals surface area contributed by atoms with Crippen molar-refractivity contribution >= 4 is 22.6 Å². The predicted octanol–water partition coefficient (Wildman–Crippen LogP) is 2.65. The van der Waals surface area contributed by atoms with Gasteiger partial charge in [-0.1, -0.05) is 36.4 Å². The first-order valence-electron chi connectivity index (χ1n) is 8.56. The molecule has 1 heterocycles. The molecular formula is C20H24N2O3. The molecule has 25 heavy (non-hydrogen) atoms. The molecule has 5 nitrogen and oxygen atoms in total. The van der Waals surface area contributed by atoms with Crippen molar-refractivity contribution in [3.63, 3.8) is 0 Å². The van der Waals surface area contributed by atoms with Crippen LogP contribution in [0.3, 0.4) is 0 Å². The van der Waals surface area contributed by atoms with E-state index >= 15 is 0 Å². The molecule has 0 aromatic heterocycles. The second-order valence-corrected chi connectivity index (χ2v) is 7.36. The molecule has 132 valence electrons. The second-order valence-electron chi connectivity index (χ2n) is 7.36. The van der Waals surface area contributed by atoms with Gasteiger partial charge in [-0.15, -0.1) is 0 Å². The van der Waals surface area contributed by atoms with Crippen LogP contribution in [-0.2, 0) is 14.3 Å². The molecule has 0 aliphatic carbocycles. The van der Waals surface area contributed by atoms with Crippen molar-refractivity contribution in [3.8, 4) is 0 Å². The van der Waals surface area contributed by atoms with Crippen LogP contribution in [-0.4, -0.2) is 42.0 Å². The maximum absolute atomic E-state index is 12.9. The van der Waals surface area contributed by atoms with E-state index in [-0.39, 0.29) is 18.4 Å². The Labute approximate surface area is 148 Å². The summed E-state index contributed by atoms with van der Waals surface area (Å²) in [7, 11) is 0. The maximum atomic E-state index is 12.9. The molecule has 1 amide bonds. The first-order chi connectivity index (χ1) is 11.8. The number of nitrogens with zero attached hydrogens (tertiary/aromatic N) is 1. The van der Waals surface area contributed by atoms with Crippen molar-refractivity contribution in [2.24, 2.45) is 0 Å². The van der Waals surface area contributed by atoms with E-state index in [9.17, 15) is 9.59 Å². The van der Waals surface area contributed by atoms with Crippen LogP contribution < -0.4 is 5.32 Å². The van der Waals surface area contributed by atoms with Gasteiger partial charge in [-0.3, -0.25) is 9.69 Å². The fraction of sp³-hybridized carbons (Fsp3) is 0.400. The van der Waals surface area contributed by atoms with E-state index in [2.05, 4.69) is 5.32 Å². The first-order valence-corrected chi connectivity index (χ1v) is 8.56. The minimum atomic E-state index is -0.588. The molecule has 1 unspecified atom stereocenters. The summed E-state index contributed by atoms with van der Waals surface area (Å²) in [6.45, 7) is 6.90. The van der Waals surface area contributed by atoms with E-state index in [1.54, 1.807) is 0 Å². The van der Waals surface area contributed by atoms with Crippen molar-refractivity contribution in [3.05, 3.63) is 48.0 Å². The van der Waals surface area contributed by atoms with E-state index in [0.717, 1.165) is 16.3 Å². The van der Waals surface area contributed by atoms with Gasteiger partial charge in [-0.05, 0) is 43.2 Å². The van der Waals surface area contributed by atoms with Crippen LogP contribution in [0.5, 0.6) is 0 Å². The number of hydrogen-bond acceptors (Lipinski definition) is 4. The Hall–Kier alpha value is -2.40. The van der Waals surface area contributed by atoms with Crippen molar-refractivity contribution in [2.45, 2.75) is 32.4 Å². The standard InChI is InChI=1S/C20H24N2O3/c1-20(2,3)25-19(24)18(22-11-10-21-17(23)13-22)16-9-8-14-6-4-5-7-15(14)12-16/h4-9,12,18H,10-11,13H2,1-3H3,(H,21,23). The van der Waals surface area contributed by atoms with Gasteiger partial charge in [0.2, 0.25) is 5.91 Å². The number of rotatable bonds is 3. The Balaban J connectivity index is 1.99. The van der Waals surface area contributed by atoms with Crippen LogP contribution in [0.2, 0.25) is 0 Å². The number of benzene rings is 2. The summed E-state index contributed by atoms with van der Waals surface area (Å²) >= 11 is 0. The molecule has 0 saturated carbocycles. The number of piperazine rings is 1. The van der Waals surface area contributed by atoms with Gasteiger partial charge < -0.3 is 10.1 Å². The number of fused-ring (bicyclic) bond motifs is 1. The third kappa shape index (κ3) is 4.17. The van der Waals surface area contributed by atoms with Crippen LogP contribution in [0.4, 0.5) is 0 Å². The van der Waals surface area contributed by atoms with Gasteiger partial charge in [0.1, 0.15) is 11.6 Å². The van der Waals surface area contributed by atoms with Crippen LogP contribution in [0.1, 0.15) is 32.4 Å². The molecule has 0 bridgehead atoms. The zero-order chi connectivity index (χ0) is 18.0. The highest BCUT2D eigenvalue weighted by Crippen LogP contribution is 2.28. The summed E-state index contributed by atoms with van der Waals surface area (Å²) in [6, 6.07) is 13.4. The number of ether oxygens (including phenoxy) is 1. The van der Waals surface area contributed by atoms with Gasteiger partial charge in [0.25, 0.3) is 0 Å². The molecule has 3 rings (SSSR count). The molecule has 1 saturated heterocycles. The van der Waals surface area contributed by atoms with Crippen LogP contribution in [0.15, 0.2) is 42.5 Å². The van der Waals surface area contributed by atoms with Gasteiger partial charge in [0.15, 0.2) is 0 Å². The summed E-state index contributed by atoms with van der Waals surface area (Å²) in [6.07, 6.45) is 0. The molecule has 1 aliphatic heterocycles. The topological polar surface area (TPSA) is 58.6 Å². The van der Waals surface area contributed by atoms with Crippen molar-refractivity contribution in [1.82, 2.24) is 10.2 Å². The SMILES string of the molecule is CC(C)(C)OC(=O)C(c1ccc2ccccc2c1)N1CCNC(=O)C1. The molecule has 1 fully saturated rings. The minimum Gasteiger partial charge on any atom is -0.459 e. The molecule has 2 aromatic rings.